The van der Waals surface area contributed by atoms with Gasteiger partial charge >= 0.3 is 0 Å². The summed E-state index contributed by atoms with van der Waals surface area (Å²) in [4.78, 5) is 24.0. The molecule has 144 valence electrons. The van der Waals surface area contributed by atoms with E-state index in [0.717, 1.165) is 27.0 Å². The van der Waals surface area contributed by atoms with Crippen molar-refractivity contribution >= 4 is 38.7 Å². The molecule has 0 aliphatic heterocycles. The van der Waals surface area contributed by atoms with E-state index in [1.807, 2.05) is 61.5 Å². The van der Waals surface area contributed by atoms with Crippen LogP contribution in [0.15, 0.2) is 72.9 Å². The van der Waals surface area contributed by atoms with Crippen LogP contribution in [0.1, 0.15) is 22.4 Å². The number of benzene rings is 2. The fourth-order valence-electron chi connectivity index (χ4n) is 3.08. The molecule has 4 aromatic rings. The zero-order valence-corrected chi connectivity index (χ0v) is 17.2. The van der Waals surface area contributed by atoms with Gasteiger partial charge in [-0.2, -0.15) is 0 Å². The van der Waals surface area contributed by atoms with E-state index in [1.54, 1.807) is 28.5 Å². The first kappa shape index (κ1) is 19.0. The van der Waals surface area contributed by atoms with E-state index in [9.17, 15) is 4.79 Å². The normalized spacial score (nSPS) is 11.2. The highest BCUT2D eigenvalue weighted by molar-refractivity contribution is 7.22. The van der Waals surface area contributed by atoms with E-state index < -0.39 is 0 Å². The second-order valence-corrected chi connectivity index (χ2v) is 7.84. The molecular formula is C24H21N3OS. The molecule has 1 amide bonds. The predicted molar refractivity (Wildman–Crippen MR) is 120 cm³/mol. The maximum Gasteiger partial charge on any atom is 0.253 e. The summed E-state index contributed by atoms with van der Waals surface area (Å²) in [6.45, 7) is 4.49. The maximum atomic E-state index is 13.1. The number of amides is 1. The molecule has 2 aromatic heterocycles. The number of rotatable bonds is 5. The third-order valence-electron chi connectivity index (χ3n) is 4.69. The zero-order valence-electron chi connectivity index (χ0n) is 16.4. The number of thiazole rings is 1. The standard InChI is InChI=1S/C24H21N3OS/c1-17-11-12-18(2)23-22(17)26-24(29-23)27(16-20-10-6-7-15-25-20)21(28)14-13-19-8-4-3-5-9-19/h3-15H,16H2,1-2H3/b14-13+. The predicted octanol–water partition coefficient (Wildman–Crippen LogP) is 5.55. The lowest BCUT2D eigenvalue weighted by atomic mass is 10.1. The highest BCUT2D eigenvalue weighted by atomic mass is 32.1. The van der Waals surface area contributed by atoms with Gasteiger partial charge in [0, 0.05) is 12.3 Å². The van der Waals surface area contributed by atoms with Gasteiger partial charge in [-0.05, 0) is 48.7 Å². The van der Waals surface area contributed by atoms with E-state index in [2.05, 4.69) is 24.0 Å². The van der Waals surface area contributed by atoms with Gasteiger partial charge in [-0.3, -0.25) is 14.7 Å². The fraction of sp³-hybridized carbons (Fsp3) is 0.125. The van der Waals surface area contributed by atoms with Gasteiger partial charge < -0.3 is 0 Å². The first-order valence-electron chi connectivity index (χ1n) is 9.43. The minimum absolute atomic E-state index is 0.117. The molecule has 0 aliphatic carbocycles. The summed E-state index contributed by atoms with van der Waals surface area (Å²) in [7, 11) is 0. The van der Waals surface area contributed by atoms with Crippen molar-refractivity contribution in [3.05, 3.63) is 95.3 Å². The second-order valence-electron chi connectivity index (χ2n) is 6.86. The van der Waals surface area contributed by atoms with Gasteiger partial charge in [-0.1, -0.05) is 59.9 Å². The molecule has 0 saturated carbocycles. The smallest absolute Gasteiger partial charge is 0.253 e. The van der Waals surface area contributed by atoms with Crippen LogP contribution < -0.4 is 4.90 Å². The van der Waals surface area contributed by atoms with E-state index in [4.69, 9.17) is 4.98 Å². The SMILES string of the molecule is Cc1ccc(C)c2sc(N(Cc3ccccn3)C(=O)/C=C/c3ccccc3)nc12. The number of aryl methyl sites for hydroxylation is 2. The Kier molecular flexibility index (Phi) is 5.49. The van der Waals surface area contributed by atoms with Crippen LogP contribution in [0.3, 0.4) is 0 Å². The number of hydrogen-bond acceptors (Lipinski definition) is 4. The molecule has 0 radical (unpaired) electrons. The molecule has 2 heterocycles. The largest absolute Gasteiger partial charge is 0.278 e. The van der Waals surface area contributed by atoms with Crippen LogP contribution in [0.5, 0.6) is 0 Å². The molecule has 0 aliphatic rings. The van der Waals surface area contributed by atoms with Gasteiger partial charge in [0.1, 0.15) is 0 Å². The maximum absolute atomic E-state index is 13.1. The minimum Gasteiger partial charge on any atom is -0.278 e. The molecule has 0 saturated heterocycles. The van der Waals surface area contributed by atoms with Crippen LogP contribution in [0, 0.1) is 13.8 Å². The van der Waals surface area contributed by atoms with E-state index in [1.165, 1.54) is 5.56 Å². The molecule has 5 heteroatoms. The molecule has 0 N–H and O–H groups in total. The molecule has 0 fully saturated rings. The lowest BCUT2D eigenvalue weighted by Crippen LogP contribution is -2.29. The van der Waals surface area contributed by atoms with Crippen LogP contribution in [0.2, 0.25) is 0 Å². The highest BCUT2D eigenvalue weighted by Gasteiger charge is 2.20. The number of pyridine rings is 1. The van der Waals surface area contributed by atoms with Gasteiger partial charge in [-0.25, -0.2) is 4.98 Å². The number of carbonyl (C=O) groups excluding carboxylic acids is 1. The average molecular weight is 400 g/mol. The van der Waals surface area contributed by atoms with Crippen molar-refractivity contribution in [2.45, 2.75) is 20.4 Å². The topological polar surface area (TPSA) is 46.1 Å². The Hall–Kier alpha value is -3.31. The first-order chi connectivity index (χ1) is 14.1. The van der Waals surface area contributed by atoms with Crippen LogP contribution >= 0.6 is 11.3 Å². The van der Waals surface area contributed by atoms with Crippen molar-refractivity contribution in [1.29, 1.82) is 0 Å². The number of fused-ring (bicyclic) bond motifs is 1. The molecule has 0 spiro atoms. The first-order valence-corrected chi connectivity index (χ1v) is 10.2. The van der Waals surface area contributed by atoms with Crippen molar-refractivity contribution in [2.24, 2.45) is 0 Å². The monoisotopic (exact) mass is 399 g/mol. The molecule has 2 aromatic carbocycles. The molecule has 29 heavy (non-hydrogen) atoms. The number of aromatic nitrogens is 2. The Labute approximate surface area is 174 Å². The third kappa shape index (κ3) is 4.25. The number of anilines is 1. The Bertz CT molecular complexity index is 1130. The van der Waals surface area contributed by atoms with Crippen molar-refractivity contribution in [3.8, 4) is 0 Å². The Morgan fingerprint density at radius 1 is 1.00 bits per heavy atom. The summed E-state index contributed by atoms with van der Waals surface area (Å²) in [5, 5.41) is 0.686. The Morgan fingerprint density at radius 2 is 1.76 bits per heavy atom. The van der Waals surface area contributed by atoms with Crippen LogP contribution in [0.25, 0.3) is 16.3 Å². The molecule has 0 unspecified atom stereocenters. The second kappa shape index (κ2) is 8.37. The van der Waals surface area contributed by atoms with Crippen molar-refractivity contribution in [2.75, 3.05) is 4.90 Å². The molecule has 4 rings (SSSR count). The summed E-state index contributed by atoms with van der Waals surface area (Å²) >= 11 is 1.55. The summed E-state index contributed by atoms with van der Waals surface area (Å²) in [6.07, 6.45) is 5.17. The van der Waals surface area contributed by atoms with E-state index in [0.29, 0.717) is 11.7 Å². The summed E-state index contributed by atoms with van der Waals surface area (Å²) in [5.74, 6) is -0.117. The van der Waals surface area contributed by atoms with Crippen molar-refractivity contribution in [3.63, 3.8) is 0 Å². The lowest BCUT2D eigenvalue weighted by Gasteiger charge is -2.17. The van der Waals surface area contributed by atoms with Gasteiger partial charge in [0.05, 0.1) is 22.5 Å². The number of carbonyl (C=O) groups is 1. The Morgan fingerprint density at radius 3 is 2.48 bits per heavy atom. The molecule has 0 bridgehead atoms. The number of nitrogens with zero attached hydrogens (tertiary/aromatic N) is 3. The average Bonchev–Trinajstić information content (AvgIpc) is 3.21. The van der Waals surface area contributed by atoms with Crippen molar-refractivity contribution in [1.82, 2.24) is 9.97 Å². The highest BCUT2D eigenvalue weighted by Crippen LogP contribution is 2.33. The van der Waals surface area contributed by atoms with Gasteiger partial charge in [0.2, 0.25) is 0 Å². The van der Waals surface area contributed by atoms with E-state index >= 15 is 0 Å². The number of hydrogen-bond donors (Lipinski definition) is 0. The lowest BCUT2D eigenvalue weighted by molar-refractivity contribution is -0.114. The van der Waals surface area contributed by atoms with Crippen LogP contribution in [-0.2, 0) is 11.3 Å². The summed E-state index contributed by atoms with van der Waals surface area (Å²) < 4.78 is 1.12. The quantitative estimate of drug-likeness (QED) is 0.413. The van der Waals surface area contributed by atoms with Crippen LogP contribution in [0.4, 0.5) is 5.13 Å². The fourth-order valence-corrected chi connectivity index (χ4v) is 4.20. The zero-order chi connectivity index (χ0) is 20.2. The molecule has 4 nitrogen and oxygen atoms in total. The molecule has 0 atom stereocenters. The third-order valence-corrected chi connectivity index (χ3v) is 5.91. The van der Waals surface area contributed by atoms with Crippen molar-refractivity contribution < 1.29 is 4.79 Å². The van der Waals surface area contributed by atoms with Gasteiger partial charge in [0.25, 0.3) is 5.91 Å². The summed E-state index contributed by atoms with van der Waals surface area (Å²) in [6, 6.07) is 19.7. The molecular weight excluding hydrogens is 378 g/mol. The van der Waals surface area contributed by atoms with Crippen LogP contribution in [-0.4, -0.2) is 15.9 Å². The Balaban J connectivity index is 1.72. The van der Waals surface area contributed by atoms with Gasteiger partial charge in [0.15, 0.2) is 5.13 Å². The minimum atomic E-state index is -0.117. The van der Waals surface area contributed by atoms with E-state index in [-0.39, 0.29) is 5.91 Å². The van der Waals surface area contributed by atoms with Gasteiger partial charge in [-0.15, -0.1) is 0 Å². The summed E-state index contributed by atoms with van der Waals surface area (Å²) in [5.41, 5.74) is 5.03.